The lowest BCUT2D eigenvalue weighted by atomic mass is 9.98. The van der Waals surface area contributed by atoms with Crippen LogP contribution in [0.2, 0.25) is 0 Å². The van der Waals surface area contributed by atoms with Crippen LogP contribution in [-0.4, -0.2) is 41.3 Å². The van der Waals surface area contributed by atoms with Gasteiger partial charge in [0.05, 0.1) is 18.9 Å². The SMILES string of the molecule is Fc1ccc(F)c(-c2cc(-c3cncc(-c4ccc(N5CCOCC5)cc4)c3)c3cccnc3n2)c1. The summed E-state index contributed by atoms with van der Waals surface area (Å²) in [6, 6.07) is 19.3. The third kappa shape index (κ3) is 4.29. The quantitative estimate of drug-likeness (QED) is 0.309. The summed E-state index contributed by atoms with van der Waals surface area (Å²) in [6.45, 7) is 3.25. The molecule has 0 radical (unpaired) electrons. The molecule has 0 bridgehead atoms. The second-order valence-corrected chi connectivity index (χ2v) is 8.66. The fraction of sp³-hybridized carbons (Fsp3) is 0.138. The molecule has 7 heteroatoms. The summed E-state index contributed by atoms with van der Waals surface area (Å²) < 4.78 is 34.0. The summed E-state index contributed by atoms with van der Waals surface area (Å²) in [5, 5.41) is 0.805. The Bertz CT molecular complexity index is 1550. The summed E-state index contributed by atoms with van der Waals surface area (Å²) in [4.78, 5) is 15.7. The molecule has 2 aromatic carbocycles. The fourth-order valence-corrected chi connectivity index (χ4v) is 4.56. The molecule has 0 saturated carbocycles. The van der Waals surface area contributed by atoms with E-state index in [0.717, 1.165) is 72.1 Å². The van der Waals surface area contributed by atoms with E-state index in [0.29, 0.717) is 11.3 Å². The van der Waals surface area contributed by atoms with E-state index < -0.39 is 11.6 Å². The van der Waals surface area contributed by atoms with Gasteiger partial charge in [-0.05, 0) is 65.7 Å². The highest BCUT2D eigenvalue weighted by atomic mass is 19.1. The van der Waals surface area contributed by atoms with Crippen LogP contribution in [0.4, 0.5) is 14.5 Å². The number of morpholine rings is 1. The first-order valence-corrected chi connectivity index (χ1v) is 11.8. The third-order valence-corrected chi connectivity index (χ3v) is 6.41. The molecular formula is C29H22F2N4O. The van der Waals surface area contributed by atoms with E-state index in [1.807, 2.05) is 24.4 Å². The highest BCUT2D eigenvalue weighted by molar-refractivity contribution is 5.95. The highest BCUT2D eigenvalue weighted by Crippen LogP contribution is 2.34. The first-order valence-electron chi connectivity index (χ1n) is 11.8. The van der Waals surface area contributed by atoms with Crippen LogP contribution in [0.1, 0.15) is 0 Å². The van der Waals surface area contributed by atoms with Crippen molar-refractivity contribution in [2.45, 2.75) is 0 Å². The van der Waals surface area contributed by atoms with Crippen molar-refractivity contribution in [3.63, 3.8) is 0 Å². The highest BCUT2D eigenvalue weighted by Gasteiger charge is 2.15. The topological polar surface area (TPSA) is 51.1 Å². The standard InChI is InChI=1S/C29H22F2N4O/c30-22-5-8-27(31)26(15-22)28-16-25(24-2-1-9-33-29(24)34-28)21-14-20(17-32-18-21)19-3-6-23(7-4-19)35-10-12-36-13-11-35/h1-9,14-18H,10-13H2. The van der Waals surface area contributed by atoms with Gasteiger partial charge in [-0.25, -0.2) is 18.7 Å². The van der Waals surface area contributed by atoms with Gasteiger partial charge >= 0.3 is 0 Å². The Labute approximate surface area is 207 Å². The van der Waals surface area contributed by atoms with Gasteiger partial charge in [-0.2, -0.15) is 0 Å². The fourth-order valence-electron chi connectivity index (χ4n) is 4.56. The molecule has 0 N–H and O–H groups in total. The number of rotatable bonds is 4. The van der Waals surface area contributed by atoms with Crippen LogP contribution in [0.5, 0.6) is 0 Å². The number of nitrogens with zero attached hydrogens (tertiary/aromatic N) is 4. The van der Waals surface area contributed by atoms with Gasteiger partial charge in [-0.3, -0.25) is 4.98 Å². The molecule has 1 fully saturated rings. The molecule has 178 valence electrons. The minimum Gasteiger partial charge on any atom is -0.378 e. The minimum absolute atomic E-state index is 0.0895. The average Bonchev–Trinajstić information content (AvgIpc) is 2.94. The molecule has 5 nitrogen and oxygen atoms in total. The zero-order valence-electron chi connectivity index (χ0n) is 19.4. The molecule has 1 saturated heterocycles. The number of pyridine rings is 3. The Hall–Kier alpha value is -4.23. The van der Waals surface area contributed by atoms with Crippen LogP contribution in [0.25, 0.3) is 44.5 Å². The first-order chi connectivity index (χ1) is 17.7. The molecular weight excluding hydrogens is 458 g/mol. The van der Waals surface area contributed by atoms with Gasteiger partial charge in [0.25, 0.3) is 0 Å². The first kappa shape index (κ1) is 22.2. The maximum absolute atomic E-state index is 14.6. The number of hydrogen-bond donors (Lipinski definition) is 0. The molecule has 0 amide bonds. The van der Waals surface area contributed by atoms with Crippen molar-refractivity contribution < 1.29 is 13.5 Å². The summed E-state index contributed by atoms with van der Waals surface area (Å²) in [5.41, 5.74) is 5.64. The maximum Gasteiger partial charge on any atom is 0.160 e. The van der Waals surface area contributed by atoms with E-state index in [1.165, 1.54) is 5.69 Å². The lowest BCUT2D eigenvalue weighted by Gasteiger charge is -2.28. The third-order valence-electron chi connectivity index (χ3n) is 6.41. The van der Waals surface area contributed by atoms with E-state index in [4.69, 9.17) is 4.74 Å². The number of aromatic nitrogens is 3. The number of halogens is 2. The van der Waals surface area contributed by atoms with Crippen molar-refractivity contribution in [3.8, 4) is 33.5 Å². The molecule has 5 aromatic rings. The van der Waals surface area contributed by atoms with E-state index in [1.54, 1.807) is 18.5 Å². The molecule has 0 atom stereocenters. The monoisotopic (exact) mass is 480 g/mol. The van der Waals surface area contributed by atoms with Crippen molar-refractivity contribution in [1.82, 2.24) is 15.0 Å². The van der Waals surface area contributed by atoms with Gasteiger partial charge in [0.1, 0.15) is 11.6 Å². The van der Waals surface area contributed by atoms with Crippen LogP contribution in [0.3, 0.4) is 0 Å². The number of fused-ring (bicyclic) bond motifs is 1. The molecule has 0 unspecified atom stereocenters. The lowest BCUT2D eigenvalue weighted by Crippen LogP contribution is -2.36. The molecule has 6 rings (SSSR count). The summed E-state index contributed by atoms with van der Waals surface area (Å²) in [6.07, 6.45) is 5.22. The van der Waals surface area contributed by atoms with Crippen molar-refractivity contribution in [2.75, 3.05) is 31.2 Å². The van der Waals surface area contributed by atoms with Crippen LogP contribution in [0.15, 0.2) is 85.3 Å². The summed E-state index contributed by atoms with van der Waals surface area (Å²) >= 11 is 0. The molecule has 1 aliphatic heterocycles. The molecule has 0 spiro atoms. The Morgan fingerprint density at radius 3 is 2.42 bits per heavy atom. The molecule has 4 heterocycles. The van der Waals surface area contributed by atoms with Crippen molar-refractivity contribution in [1.29, 1.82) is 0 Å². The van der Waals surface area contributed by atoms with Crippen molar-refractivity contribution in [2.24, 2.45) is 0 Å². The van der Waals surface area contributed by atoms with Crippen LogP contribution in [-0.2, 0) is 4.74 Å². The zero-order chi connectivity index (χ0) is 24.5. The largest absolute Gasteiger partial charge is 0.378 e. The molecule has 0 aliphatic carbocycles. The minimum atomic E-state index is -0.544. The van der Waals surface area contributed by atoms with Crippen LogP contribution < -0.4 is 4.90 Å². The number of benzene rings is 2. The predicted molar refractivity (Wildman–Crippen MR) is 137 cm³/mol. The molecule has 1 aliphatic rings. The molecule has 36 heavy (non-hydrogen) atoms. The van der Waals surface area contributed by atoms with E-state index in [-0.39, 0.29) is 5.56 Å². The van der Waals surface area contributed by atoms with Gasteiger partial charge in [0, 0.05) is 59.4 Å². The van der Waals surface area contributed by atoms with Gasteiger partial charge in [0.15, 0.2) is 5.65 Å². The summed E-state index contributed by atoms with van der Waals surface area (Å²) in [5.74, 6) is -1.07. The van der Waals surface area contributed by atoms with Gasteiger partial charge in [-0.1, -0.05) is 12.1 Å². The Balaban J connectivity index is 1.42. The predicted octanol–water partition coefficient (Wildman–Crippen LogP) is 6.14. The van der Waals surface area contributed by atoms with E-state index >= 15 is 0 Å². The number of anilines is 1. The van der Waals surface area contributed by atoms with Crippen molar-refractivity contribution in [3.05, 3.63) is 97.0 Å². The molecule has 3 aromatic heterocycles. The number of ether oxygens (including phenoxy) is 1. The Kier molecular flexibility index (Phi) is 5.83. The van der Waals surface area contributed by atoms with Gasteiger partial charge in [-0.15, -0.1) is 0 Å². The number of hydrogen-bond acceptors (Lipinski definition) is 5. The Morgan fingerprint density at radius 1 is 0.778 bits per heavy atom. The second kappa shape index (κ2) is 9.43. The maximum atomic E-state index is 14.6. The summed E-state index contributed by atoms with van der Waals surface area (Å²) in [7, 11) is 0. The lowest BCUT2D eigenvalue weighted by molar-refractivity contribution is 0.122. The second-order valence-electron chi connectivity index (χ2n) is 8.66. The van der Waals surface area contributed by atoms with Crippen LogP contribution >= 0.6 is 0 Å². The normalized spacial score (nSPS) is 13.8. The van der Waals surface area contributed by atoms with Gasteiger partial charge < -0.3 is 9.64 Å². The Morgan fingerprint density at radius 2 is 1.58 bits per heavy atom. The van der Waals surface area contributed by atoms with E-state index in [9.17, 15) is 8.78 Å². The van der Waals surface area contributed by atoms with Crippen molar-refractivity contribution >= 4 is 16.7 Å². The van der Waals surface area contributed by atoms with Gasteiger partial charge in [0.2, 0.25) is 0 Å². The zero-order valence-corrected chi connectivity index (χ0v) is 19.4. The average molecular weight is 481 g/mol. The smallest absolute Gasteiger partial charge is 0.160 e. The van der Waals surface area contributed by atoms with E-state index in [2.05, 4.69) is 44.1 Å². The van der Waals surface area contributed by atoms with Crippen LogP contribution in [0, 0.1) is 11.6 Å².